The van der Waals surface area contributed by atoms with Gasteiger partial charge in [-0.3, -0.25) is 9.59 Å². The number of carbonyl (C=O) groups is 2. The monoisotopic (exact) mass is 413 g/mol. The Morgan fingerprint density at radius 3 is 2.61 bits per heavy atom. The van der Waals surface area contributed by atoms with Gasteiger partial charge in [-0.05, 0) is 26.0 Å². The Hall–Kier alpha value is -2.65. The van der Waals surface area contributed by atoms with Gasteiger partial charge in [0.15, 0.2) is 5.13 Å². The summed E-state index contributed by atoms with van der Waals surface area (Å²) in [5.74, 6) is 0.760. The molecule has 0 bridgehead atoms. The molecular weight excluding hydrogens is 394 g/mol. The Balaban J connectivity index is 1.43. The lowest BCUT2D eigenvalue weighted by molar-refractivity contribution is -0.120. The summed E-state index contributed by atoms with van der Waals surface area (Å²) in [4.78, 5) is 40.0. The number of anilines is 2. The second-order valence-corrected chi connectivity index (χ2v) is 8.63. The molecule has 0 unspecified atom stereocenters. The van der Waals surface area contributed by atoms with E-state index in [2.05, 4.69) is 20.3 Å². The highest BCUT2D eigenvalue weighted by atomic mass is 32.1. The summed E-state index contributed by atoms with van der Waals surface area (Å²) < 4.78 is 0. The van der Waals surface area contributed by atoms with Crippen molar-refractivity contribution >= 4 is 45.3 Å². The van der Waals surface area contributed by atoms with Crippen molar-refractivity contribution in [2.45, 2.75) is 26.7 Å². The molecule has 1 amide bonds. The fourth-order valence-corrected chi connectivity index (χ4v) is 4.71. The smallest absolute Gasteiger partial charge is 0.255 e. The average Bonchev–Trinajstić information content (AvgIpc) is 3.28. The van der Waals surface area contributed by atoms with Crippen LogP contribution in [0, 0.1) is 13.8 Å². The highest BCUT2D eigenvalue weighted by Gasteiger charge is 2.22. The molecule has 1 aliphatic rings. The predicted octanol–water partition coefficient (Wildman–Crippen LogP) is 3.83. The van der Waals surface area contributed by atoms with E-state index in [1.807, 2.05) is 19.2 Å². The molecular formula is C19H19N5O2S2. The third kappa shape index (κ3) is 3.95. The number of hydrogen-bond donors (Lipinski definition) is 1. The molecule has 0 spiro atoms. The number of pyridine rings is 1. The zero-order valence-corrected chi connectivity index (χ0v) is 17.2. The Kier molecular flexibility index (Phi) is 5.19. The van der Waals surface area contributed by atoms with E-state index in [0.717, 1.165) is 26.4 Å². The summed E-state index contributed by atoms with van der Waals surface area (Å²) in [6.45, 7) is 4.94. The van der Waals surface area contributed by atoms with Crippen molar-refractivity contribution in [1.29, 1.82) is 0 Å². The second kappa shape index (κ2) is 7.76. The minimum atomic E-state index is -0.0841. The predicted molar refractivity (Wildman–Crippen MR) is 110 cm³/mol. The van der Waals surface area contributed by atoms with Crippen LogP contribution in [0.4, 0.5) is 10.9 Å². The number of piperidine rings is 1. The SMILES string of the molecule is Cc1nc(C)c(-c2csc(Nc3ccc(C(=O)N4CCC(=O)CC4)cn3)n2)s1. The van der Waals surface area contributed by atoms with Gasteiger partial charge in [0.25, 0.3) is 5.91 Å². The van der Waals surface area contributed by atoms with Gasteiger partial charge in [0.05, 0.1) is 26.8 Å². The minimum Gasteiger partial charge on any atom is -0.338 e. The van der Waals surface area contributed by atoms with Gasteiger partial charge >= 0.3 is 0 Å². The molecule has 1 fully saturated rings. The maximum atomic E-state index is 12.5. The van der Waals surface area contributed by atoms with Gasteiger partial charge in [0, 0.05) is 37.5 Å². The molecule has 144 valence electrons. The van der Waals surface area contributed by atoms with Crippen LogP contribution < -0.4 is 5.32 Å². The molecule has 1 N–H and O–H groups in total. The fourth-order valence-electron chi connectivity index (χ4n) is 3.05. The van der Waals surface area contributed by atoms with E-state index in [-0.39, 0.29) is 11.7 Å². The van der Waals surface area contributed by atoms with Crippen molar-refractivity contribution in [2.24, 2.45) is 0 Å². The molecule has 0 aromatic carbocycles. The number of amides is 1. The molecule has 3 aromatic heterocycles. The Bertz CT molecular complexity index is 1020. The number of rotatable bonds is 4. The molecule has 1 aliphatic heterocycles. The summed E-state index contributed by atoms with van der Waals surface area (Å²) in [6.07, 6.45) is 2.43. The molecule has 0 saturated carbocycles. The first-order valence-electron chi connectivity index (χ1n) is 8.93. The number of nitrogens with zero attached hydrogens (tertiary/aromatic N) is 4. The molecule has 7 nitrogen and oxygen atoms in total. The quantitative estimate of drug-likeness (QED) is 0.699. The molecule has 0 aliphatic carbocycles. The van der Waals surface area contributed by atoms with Crippen LogP contribution in [-0.2, 0) is 4.79 Å². The fraction of sp³-hybridized carbons (Fsp3) is 0.316. The van der Waals surface area contributed by atoms with Crippen molar-refractivity contribution in [2.75, 3.05) is 18.4 Å². The van der Waals surface area contributed by atoms with E-state index in [0.29, 0.717) is 37.3 Å². The Morgan fingerprint density at radius 1 is 1.18 bits per heavy atom. The molecule has 4 rings (SSSR count). The first kappa shape index (κ1) is 18.7. The molecule has 9 heteroatoms. The number of aryl methyl sites for hydroxylation is 2. The van der Waals surface area contributed by atoms with Gasteiger partial charge in [-0.25, -0.2) is 15.0 Å². The Labute approximate surface area is 170 Å². The number of nitrogens with one attached hydrogen (secondary N) is 1. The summed E-state index contributed by atoms with van der Waals surface area (Å²) >= 11 is 3.13. The van der Waals surface area contributed by atoms with Crippen molar-refractivity contribution in [3.8, 4) is 10.6 Å². The van der Waals surface area contributed by atoms with Crippen LogP contribution in [0.1, 0.15) is 33.9 Å². The third-order valence-corrected chi connectivity index (χ3v) is 6.35. The third-order valence-electron chi connectivity index (χ3n) is 4.49. The summed E-state index contributed by atoms with van der Waals surface area (Å²) in [5, 5.41) is 6.94. The number of ketones is 1. The number of thiazole rings is 2. The zero-order valence-electron chi connectivity index (χ0n) is 15.6. The lowest BCUT2D eigenvalue weighted by Crippen LogP contribution is -2.38. The van der Waals surface area contributed by atoms with Crippen LogP contribution in [0.25, 0.3) is 10.6 Å². The average molecular weight is 414 g/mol. The van der Waals surface area contributed by atoms with E-state index >= 15 is 0 Å². The first-order valence-corrected chi connectivity index (χ1v) is 10.6. The van der Waals surface area contributed by atoms with Gasteiger partial charge in [-0.1, -0.05) is 0 Å². The van der Waals surface area contributed by atoms with Crippen LogP contribution in [-0.4, -0.2) is 44.6 Å². The molecule has 0 atom stereocenters. The largest absolute Gasteiger partial charge is 0.338 e. The molecule has 3 aromatic rings. The summed E-state index contributed by atoms with van der Waals surface area (Å²) in [6, 6.07) is 3.52. The Morgan fingerprint density at radius 2 is 1.96 bits per heavy atom. The standard InChI is InChI=1S/C19H19N5O2S2/c1-11-17(28-12(2)21-11)15-10-27-19(22-15)23-16-4-3-13(9-20-16)18(26)24-7-5-14(25)6-8-24/h3-4,9-10H,5-8H2,1-2H3,(H,20,22,23). The topological polar surface area (TPSA) is 88.1 Å². The van der Waals surface area contributed by atoms with Crippen molar-refractivity contribution in [3.63, 3.8) is 0 Å². The summed E-state index contributed by atoms with van der Waals surface area (Å²) in [7, 11) is 0. The maximum Gasteiger partial charge on any atom is 0.255 e. The molecule has 1 saturated heterocycles. The maximum absolute atomic E-state index is 12.5. The number of likely N-dealkylation sites (tertiary alicyclic amines) is 1. The second-order valence-electron chi connectivity index (χ2n) is 6.57. The van der Waals surface area contributed by atoms with Crippen LogP contribution >= 0.6 is 22.7 Å². The molecule has 0 radical (unpaired) electrons. The van der Waals surface area contributed by atoms with E-state index < -0.39 is 0 Å². The molecule has 28 heavy (non-hydrogen) atoms. The number of aromatic nitrogens is 3. The van der Waals surface area contributed by atoms with Gasteiger partial charge in [-0.15, -0.1) is 22.7 Å². The van der Waals surface area contributed by atoms with Crippen LogP contribution in [0.15, 0.2) is 23.7 Å². The van der Waals surface area contributed by atoms with Crippen molar-refractivity contribution in [1.82, 2.24) is 19.9 Å². The van der Waals surface area contributed by atoms with E-state index in [4.69, 9.17) is 0 Å². The number of carbonyl (C=O) groups excluding carboxylic acids is 2. The number of hydrogen-bond acceptors (Lipinski definition) is 8. The van der Waals surface area contributed by atoms with E-state index in [1.54, 1.807) is 34.6 Å². The van der Waals surface area contributed by atoms with Crippen molar-refractivity contribution in [3.05, 3.63) is 40.0 Å². The first-order chi connectivity index (χ1) is 13.5. The van der Waals surface area contributed by atoms with Crippen LogP contribution in [0.2, 0.25) is 0 Å². The van der Waals surface area contributed by atoms with Crippen LogP contribution in [0.5, 0.6) is 0 Å². The minimum absolute atomic E-state index is 0.0841. The van der Waals surface area contributed by atoms with Gasteiger partial charge in [-0.2, -0.15) is 0 Å². The lowest BCUT2D eigenvalue weighted by atomic mass is 10.1. The number of Topliss-reactive ketones (excluding diaryl/α,β-unsaturated/α-hetero) is 1. The van der Waals surface area contributed by atoms with Gasteiger partial charge in [0.1, 0.15) is 11.6 Å². The van der Waals surface area contributed by atoms with Gasteiger partial charge < -0.3 is 10.2 Å². The van der Waals surface area contributed by atoms with Crippen LogP contribution in [0.3, 0.4) is 0 Å². The van der Waals surface area contributed by atoms with E-state index in [1.165, 1.54) is 11.3 Å². The summed E-state index contributed by atoms with van der Waals surface area (Å²) in [5.41, 5.74) is 2.41. The van der Waals surface area contributed by atoms with E-state index in [9.17, 15) is 9.59 Å². The molecule has 4 heterocycles. The highest BCUT2D eigenvalue weighted by molar-refractivity contribution is 7.16. The highest BCUT2D eigenvalue weighted by Crippen LogP contribution is 2.32. The van der Waals surface area contributed by atoms with Gasteiger partial charge in [0.2, 0.25) is 0 Å². The lowest BCUT2D eigenvalue weighted by Gasteiger charge is -2.25. The van der Waals surface area contributed by atoms with Crippen molar-refractivity contribution < 1.29 is 9.59 Å². The zero-order chi connectivity index (χ0) is 19.7. The normalized spacial score (nSPS) is 14.4.